The molecule has 1 unspecified atom stereocenters. The standard InChI is InChI=1S/C14H23NO/c1-4-14(2,12-15-3)16-11-10-13-8-6-5-7-9-13/h5-9,15H,4,10-12H2,1-3H3. The van der Waals surface area contributed by atoms with Crippen molar-refractivity contribution in [3.05, 3.63) is 35.9 Å². The van der Waals surface area contributed by atoms with Gasteiger partial charge in [-0.3, -0.25) is 0 Å². The highest BCUT2D eigenvalue weighted by Gasteiger charge is 2.21. The lowest BCUT2D eigenvalue weighted by molar-refractivity contribution is -0.0304. The Morgan fingerprint density at radius 3 is 2.50 bits per heavy atom. The molecule has 0 radical (unpaired) electrons. The lowest BCUT2D eigenvalue weighted by atomic mass is 10.0. The highest BCUT2D eigenvalue weighted by atomic mass is 16.5. The summed E-state index contributed by atoms with van der Waals surface area (Å²) >= 11 is 0. The number of rotatable bonds is 7. The lowest BCUT2D eigenvalue weighted by Crippen LogP contribution is -2.39. The molecule has 1 N–H and O–H groups in total. The van der Waals surface area contributed by atoms with Crippen molar-refractivity contribution in [2.75, 3.05) is 20.2 Å². The minimum Gasteiger partial charge on any atom is -0.374 e. The molecule has 1 atom stereocenters. The van der Waals surface area contributed by atoms with Crippen LogP contribution in [0, 0.1) is 0 Å². The molecule has 0 saturated carbocycles. The van der Waals surface area contributed by atoms with Crippen LogP contribution in [-0.4, -0.2) is 25.8 Å². The smallest absolute Gasteiger partial charge is 0.0775 e. The minimum atomic E-state index is -0.0382. The average Bonchev–Trinajstić information content (AvgIpc) is 2.31. The van der Waals surface area contributed by atoms with Crippen molar-refractivity contribution in [2.24, 2.45) is 0 Å². The molecule has 0 spiro atoms. The third kappa shape index (κ3) is 4.33. The van der Waals surface area contributed by atoms with Gasteiger partial charge in [0.2, 0.25) is 0 Å². The van der Waals surface area contributed by atoms with Gasteiger partial charge in [-0.25, -0.2) is 0 Å². The third-order valence-corrected chi connectivity index (χ3v) is 2.98. The van der Waals surface area contributed by atoms with E-state index in [1.54, 1.807) is 0 Å². The van der Waals surface area contributed by atoms with E-state index >= 15 is 0 Å². The van der Waals surface area contributed by atoms with Crippen molar-refractivity contribution in [3.8, 4) is 0 Å². The van der Waals surface area contributed by atoms with Crippen LogP contribution in [0.2, 0.25) is 0 Å². The second-order valence-electron chi connectivity index (χ2n) is 4.42. The molecule has 0 fully saturated rings. The zero-order chi connectivity index (χ0) is 11.9. The molecule has 0 aliphatic heterocycles. The molecule has 90 valence electrons. The Morgan fingerprint density at radius 2 is 1.94 bits per heavy atom. The van der Waals surface area contributed by atoms with E-state index in [0.717, 1.165) is 26.0 Å². The molecular weight excluding hydrogens is 198 g/mol. The largest absolute Gasteiger partial charge is 0.374 e. The summed E-state index contributed by atoms with van der Waals surface area (Å²) in [6.45, 7) is 6.02. The van der Waals surface area contributed by atoms with Crippen molar-refractivity contribution >= 4 is 0 Å². The Balaban J connectivity index is 2.34. The molecule has 2 nitrogen and oxygen atoms in total. The summed E-state index contributed by atoms with van der Waals surface area (Å²) in [7, 11) is 1.97. The molecule has 0 aliphatic carbocycles. The van der Waals surface area contributed by atoms with Crippen LogP contribution in [0.4, 0.5) is 0 Å². The highest BCUT2D eigenvalue weighted by molar-refractivity contribution is 5.14. The highest BCUT2D eigenvalue weighted by Crippen LogP contribution is 2.14. The molecule has 0 saturated heterocycles. The number of ether oxygens (including phenoxy) is 1. The first-order chi connectivity index (χ1) is 7.70. The predicted octanol–water partition coefficient (Wildman–Crippen LogP) is 2.63. The normalized spacial score (nSPS) is 14.7. The van der Waals surface area contributed by atoms with Crippen LogP contribution >= 0.6 is 0 Å². The Kier molecular flexibility index (Phi) is 5.50. The molecule has 0 amide bonds. The van der Waals surface area contributed by atoms with Crippen LogP contribution in [0.3, 0.4) is 0 Å². The topological polar surface area (TPSA) is 21.3 Å². The van der Waals surface area contributed by atoms with Crippen LogP contribution in [0.1, 0.15) is 25.8 Å². The van der Waals surface area contributed by atoms with E-state index in [1.165, 1.54) is 5.56 Å². The summed E-state index contributed by atoms with van der Waals surface area (Å²) in [5.41, 5.74) is 1.30. The Labute approximate surface area is 99.0 Å². The van der Waals surface area contributed by atoms with Gasteiger partial charge in [-0.1, -0.05) is 37.3 Å². The maximum atomic E-state index is 5.96. The summed E-state index contributed by atoms with van der Waals surface area (Å²) in [6, 6.07) is 10.5. The van der Waals surface area contributed by atoms with E-state index in [9.17, 15) is 0 Å². The molecule has 0 heterocycles. The number of likely N-dealkylation sites (N-methyl/N-ethyl adjacent to an activating group) is 1. The summed E-state index contributed by atoms with van der Waals surface area (Å²) in [5.74, 6) is 0. The van der Waals surface area contributed by atoms with E-state index in [-0.39, 0.29) is 5.60 Å². The molecule has 0 aliphatic rings. The summed E-state index contributed by atoms with van der Waals surface area (Å²) in [4.78, 5) is 0. The van der Waals surface area contributed by atoms with Crippen LogP contribution in [0.5, 0.6) is 0 Å². The van der Waals surface area contributed by atoms with Crippen molar-refractivity contribution in [2.45, 2.75) is 32.3 Å². The lowest BCUT2D eigenvalue weighted by Gasteiger charge is -2.28. The van der Waals surface area contributed by atoms with E-state index < -0.39 is 0 Å². The van der Waals surface area contributed by atoms with Crippen LogP contribution in [-0.2, 0) is 11.2 Å². The summed E-state index contributed by atoms with van der Waals surface area (Å²) in [5, 5.41) is 3.18. The van der Waals surface area contributed by atoms with Gasteiger partial charge in [-0.2, -0.15) is 0 Å². The summed E-state index contributed by atoms with van der Waals surface area (Å²) < 4.78 is 5.96. The predicted molar refractivity (Wildman–Crippen MR) is 68.7 cm³/mol. The fourth-order valence-corrected chi connectivity index (χ4v) is 1.71. The fourth-order valence-electron chi connectivity index (χ4n) is 1.71. The molecular formula is C14H23NO. The Morgan fingerprint density at radius 1 is 1.25 bits per heavy atom. The summed E-state index contributed by atoms with van der Waals surface area (Å²) in [6.07, 6.45) is 2.02. The third-order valence-electron chi connectivity index (χ3n) is 2.98. The Bertz CT molecular complexity index is 286. The van der Waals surface area contributed by atoms with Gasteiger partial charge >= 0.3 is 0 Å². The minimum absolute atomic E-state index is 0.0382. The van der Waals surface area contributed by atoms with E-state index in [4.69, 9.17) is 4.74 Å². The maximum Gasteiger partial charge on any atom is 0.0775 e. The van der Waals surface area contributed by atoms with E-state index in [0.29, 0.717) is 0 Å². The number of hydrogen-bond acceptors (Lipinski definition) is 2. The zero-order valence-electron chi connectivity index (χ0n) is 10.6. The number of hydrogen-bond donors (Lipinski definition) is 1. The molecule has 1 aromatic carbocycles. The van der Waals surface area contributed by atoms with Crippen molar-refractivity contribution in [3.63, 3.8) is 0 Å². The molecule has 1 rings (SSSR count). The number of benzene rings is 1. The first-order valence-electron chi connectivity index (χ1n) is 6.02. The van der Waals surface area contributed by atoms with E-state index in [1.807, 2.05) is 13.1 Å². The van der Waals surface area contributed by atoms with Gasteiger partial charge in [0.15, 0.2) is 0 Å². The van der Waals surface area contributed by atoms with Gasteiger partial charge in [-0.15, -0.1) is 0 Å². The monoisotopic (exact) mass is 221 g/mol. The van der Waals surface area contributed by atoms with Gasteiger partial charge in [-0.05, 0) is 32.4 Å². The van der Waals surface area contributed by atoms with Crippen LogP contribution < -0.4 is 5.32 Å². The van der Waals surface area contributed by atoms with Gasteiger partial charge in [0.25, 0.3) is 0 Å². The van der Waals surface area contributed by atoms with Gasteiger partial charge in [0, 0.05) is 6.54 Å². The second-order valence-corrected chi connectivity index (χ2v) is 4.42. The van der Waals surface area contributed by atoms with Crippen molar-refractivity contribution < 1.29 is 4.74 Å². The first-order valence-corrected chi connectivity index (χ1v) is 6.02. The molecule has 0 aromatic heterocycles. The van der Waals surface area contributed by atoms with Crippen molar-refractivity contribution in [1.29, 1.82) is 0 Å². The van der Waals surface area contributed by atoms with E-state index in [2.05, 4.69) is 43.4 Å². The van der Waals surface area contributed by atoms with Crippen LogP contribution in [0.25, 0.3) is 0 Å². The van der Waals surface area contributed by atoms with Gasteiger partial charge in [0.1, 0.15) is 0 Å². The van der Waals surface area contributed by atoms with Gasteiger partial charge in [0.05, 0.1) is 12.2 Å². The van der Waals surface area contributed by atoms with Gasteiger partial charge < -0.3 is 10.1 Å². The first kappa shape index (κ1) is 13.2. The SMILES string of the molecule is CCC(C)(CNC)OCCc1ccccc1. The Hall–Kier alpha value is -0.860. The average molecular weight is 221 g/mol. The second kappa shape index (κ2) is 6.66. The molecule has 2 heteroatoms. The molecule has 0 bridgehead atoms. The number of nitrogens with one attached hydrogen (secondary N) is 1. The van der Waals surface area contributed by atoms with Crippen LogP contribution in [0.15, 0.2) is 30.3 Å². The molecule has 16 heavy (non-hydrogen) atoms. The quantitative estimate of drug-likeness (QED) is 0.764. The van der Waals surface area contributed by atoms with Crippen molar-refractivity contribution in [1.82, 2.24) is 5.32 Å². The molecule has 1 aromatic rings. The maximum absolute atomic E-state index is 5.96. The fraction of sp³-hybridized carbons (Fsp3) is 0.571. The zero-order valence-corrected chi connectivity index (χ0v) is 10.6.